The minimum absolute atomic E-state index is 0.153. The molecule has 25 heavy (non-hydrogen) atoms. The van der Waals surface area contributed by atoms with Crippen LogP contribution in [0.1, 0.15) is 23.0 Å². The van der Waals surface area contributed by atoms with E-state index >= 15 is 0 Å². The van der Waals surface area contributed by atoms with E-state index in [4.69, 9.17) is 0 Å². The molecule has 0 spiro atoms. The number of thiophene rings is 1. The van der Waals surface area contributed by atoms with Gasteiger partial charge >= 0.3 is 0 Å². The second-order valence-electron chi connectivity index (χ2n) is 5.08. The Morgan fingerprint density at radius 1 is 1.16 bits per heavy atom. The number of carbonyl (C=O) groups is 1. The number of anilines is 2. The molecule has 1 amide bonds. The number of aromatic nitrogens is 1. The lowest BCUT2D eigenvalue weighted by atomic mass is 10.1. The van der Waals surface area contributed by atoms with E-state index in [-0.39, 0.29) is 20.9 Å². The zero-order chi connectivity index (χ0) is 17.9. The van der Waals surface area contributed by atoms with E-state index in [0.29, 0.717) is 5.69 Å². The molecule has 0 aliphatic heterocycles. The summed E-state index contributed by atoms with van der Waals surface area (Å²) < 4.78 is 26.9. The van der Waals surface area contributed by atoms with Crippen molar-refractivity contribution in [3.05, 3.63) is 58.4 Å². The van der Waals surface area contributed by atoms with Crippen LogP contribution in [0.25, 0.3) is 0 Å². The van der Waals surface area contributed by atoms with Crippen molar-refractivity contribution in [1.82, 2.24) is 4.98 Å². The van der Waals surface area contributed by atoms with Crippen molar-refractivity contribution in [3.8, 4) is 0 Å². The molecule has 0 unspecified atom stereocenters. The van der Waals surface area contributed by atoms with Crippen molar-refractivity contribution >= 4 is 49.4 Å². The number of thiazole rings is 1. The second-order valence-corrected chi connectivity index (χ2v) is 8.80. The first-order chi connectivity index (χ1) is 12.0. The van der Waals surface area contributed by atoms with Gasteiger partial charge in [-0.3, -0.25) is 9.52 Å². The summed E-state index contributed by atoms with van der Waals surface area (Å²) in [6.45, 7) is 2.06. The van der Waals surface area contributed by atoms with E-state index in [1.54, 1.807) is 11.4 Å². The Morgan fingerprint density at radius 3 is 2.56 bits per heavy atom. The van der Waals surface area contributed by atoms with Crippen molar-refractivity contribution < 1.29 is 13.2 Å². The van der Waals surface area contributed by atoms with Crippen LogP contribution in [0.2, 0.25) is 0 Å². The van der Waals surface area contributed by atoms with Crippen LogP contribution < -0.4 is 10.0 Å². The van der Waals surface area contributed by atoms with E-state index < -0.39 is 10.0 Å². The number of nitrogens with zero attached hydrogens (tertiary/aromatic N) is 1. The van der Waals surface area contributed by atoms with Gasteiger partial charge in [0.1, 0.15) is 9.90 Å². The number of carbonyl (C=O) groups excluding carboxylic acids is 1. The third-order valence-corrected chi connectivity index (χ3v) is 6.96. The lowest BCUT2D eigenvalue weighted by molar-refractivity contribution is 0.102. The van der Waals surface area contributed by atoms with Crippen LogP contribution >= 0.6 is 22.7 Å². The van der Waals surface area contributed by atoms with Crippen molar-refractivity contribution in [2.45, 2.75) is 17.6 Å². The van der Waals surface area contributed by atoms with Gasteiger partial charge in [0, 0.05) is 11.1 Å². The van der Waals surface area contributed by atoms with Crippen LogP contribution in [0.15, 0.2) is 51.4 Å². The molecule has 3 rings (SSSR count). The molecule has 0 atom stereocenters. The zero-order valence-corrected chi connectivity index (χ0v) is 15.7. The maximum atomic E-state index is 12.2. The maximum absolute atomic E-state index is 12.2. The molecule has 3 aromatic rings. The summed E-state index contributed by atoms with van der Waals surface area (Å²) in [6, 6.07) is 10.7. The standard InChI is InChI=1S/C16H15N3O3S3/c1-2-11-5-7-12(8-6-11)17-15(20)13-10-24-16(18-13)19-25(21,22)14-4-3-9-23-14/h3-10H,2H2,1H3,(H,17,20)(H,18,19). The molecule has 130 valence electrons. The quantitative estimate of drug-likeness (QED) is 0.666. The second kappa shape index (κ2) is 7.34. The Morgan fingerprint density at radius 2 is 1.92 bits per heavy atom. The van der Waals surface area contributed by atoms with Gasteiger partial charge in [0.15, 0.2) is 5.13 Å². The highest BCUT2D eigenvalue weighted by Crippen LogP contribution is 2.23. The molecule has 2 heterocycles. The topological polar surface area (TPSA) is 88.2 Å². The van der Waals surface area contributed by atoms with Crippen LogP contribution in [0.5, 0.6) is 0 Å². The minimum atomic E-state index is -3.66. The van der Waals surface area contributed by atoms with E-state index in [2.05, 4.69) is 21.9 Å². The molecule has 9 heteroatoms. The molecule has 2 aromatic heterocycles. The number of nitrogens with one attached hydrogen (secondary N) is 2. The third kappa shape index (κ3) is 4.25. The average molecular weight is 394 g/mol. The number of amides is 1. The molecule has 1 aromatic carbocycles. The van der Waals surface area contributed by atoms with Gasteiger partial charge in [-0.25, -0.2) is 13.4 Å². The summed E-state index contributed by atoms with van der Waals surface area (Å²) in [4.78, 5) is 16.3. The first-order valence-corrected chi connectivity index (χ1v) is 10.6. The largest absolute Gasteiger partial charge is 0.321 e. The lowest BCUT2D eigenvalue weighted by Crippen LogP contribution is -2.14. The number of hydrogen-bond acceptors (Lipinski definition) is 6. The first kappa shape index (κ1) is 17.6. The average Bonchev–Trinajstić information content (AvgIpc) is 3.27. The molecule has 0 aliphatic rings. The molecule has 6 nitrogen and oxygen atoms in total. The summed E-state index contributed by atoms with van der Waals surface area (Å²) in [5.74, 6) is -0.387. The predicted molar refractivity (Wildman–Crippen MR) is 101 cm³/mol. The summed E-state index contributed by atoms with van der Waals surface area (Å²) in [5.41, 5.74) is 2.00. The molecule has 0 saturated heterocycles. The van der Waals surface area contributed by atoms with Gasteiger partial charge in [-0.2, -0.15) is 0 Å². The fraction of sp³-hybridized carbons (Fsp3) is 0.125. The van der Waals surface area contributed by atoms with Gasteiger partial charge in [0.05, 0.1) is 0 Å². The van der Waals surface area contributed by atoms with E-state index in [1.165, 1.54) is 17.0 Å². The highest BCUT2D eigenvalue weighted by molar-refractivity contribution is 7.94. The monoisotopic (exact) mass is 393 g/mol. The minimum Gasteiger partial charge on any atom is -0.321 e. The molecule has 0 fully saturated rings. The Labute approximate surface area is 153 Å². The summed E-state index contributed by atoms with van der Waals surface area (Å²) >= 11 is 2.18. The normalized spacial score (nSPS) is 11.2. The summed E-state index contributed by atoms with van der Waals surface area (Å²) in [5, 5.41) is 6.09. The number of aryl methyl sites for hydroxylation is 1. The Balaban J connectivity index is 1.69. The fourth-order valence-electron chi connectivity index (χ4n) is 2.03. The lowest BCUT2D eigenvalue weighted by Gasteiger charge is -2.04. The number of hydrogen-bond donors (Lipinski definition) is 2. The van der Waals surface area contributed by atoms with Gasteiger partial charge in [0.25, 0.3) is 15.9 Å². The van der Waals surface area contributed by atoms with Crippen LogP contribution in [0.4, 0.5) is 10.8 Å². The first-order valence-electron chi connectivity index (χ1n) is 7.40. The van der Waals surface area contributed by atoms with E-state index in [1.807, 2.05) is 24.3 Å². The Kier molecular flexibility index (Phi) is 5.16. The van der Waals surface area contributed by atoms with Crippen molar-refractivity contribution in [1.29, 1.82) is 0 Å². The van der Waals surface area contributed by atoms with Gasteiger partial charge in [-0.1, -0.05) is 25.1 Å². The molecule has 2 N–H and O–H groups in total. The van der Waals surface area contributed by atoms with Crippen LogP contribution in [0, 0.1) is 0 Å². The van der Waals surface area contributed by atoms with Gasteiger partial charge < -0.3 is 5.32 Å². The van der Waals surface area contributed by atoms with Crippen LogP contribution in [0.3, 0.4) is 0 Å². The third-order valence-electron chi connectivity index (χ3n) is 3.34. The molecule has 0 bridgehead atoms. The predicted octanol–water partition coefficient (Wildman–Crippen LogP) is 3.82. The summed E-state index contributed by atoms with van der Waals surface area (Å²) in [6.07, 6.45) is 0.925. The number of benzene rings is 1. The van der Waals surface area contributed by atoms with Gasteiger partial charge in [-0.15, -0.1) is 22.7 Å². The molecular formula is C16H15N3O3S3. The highest BCUT2D eigenvalue weighted by Gasteiger charge is 2.18. The molecular weight excluding hydrogens is 378 g/mol. The van der Waals surface area contributed by atoms with E-state index in [0.717, 1.165) is 29.1 Å². The van der Waals surface area contributed by atoms with Crippen LogP contribution in [-0.2, 0) is 16.4 Å². The summed E-state index contributed by atoms with van der Waals surface area (Å²) in [7, 11) is -3.66. The Bertz CT molecular complexity index is 962. The van der Waals surface area contributed by atoms with Crippen LogP contribution in [-0.4, -0.2) is 19.3 Å². The van der Waals surface area contributed by atoms with Crippen molar-refractivity contribution in [3.63, 3.8) is 0 Å². The molecule has 0 saturated carbocycles. The van der Waals surface area contributed by atoms with Crippen molar-refractivity contribution in [2.24, 2.45) is 0 Å². The Hall–Kier alpha value is -2.23. The smallest absolute Gasteiger partial charge is 0.275 e. The molecule has 0 aliphatic carbocycles. The van der Waals surface area contributed by atoms with Gasteiger partial charge in [-0.05, 0) is 35.6 Å². The zero-order valence-electron chi connectivity index (χ0n) is 13.2. The molecule has 0 radical (unpaired) electrons. The maximum Gasteiger partial charge on any atom is 0.275 e. The number of rotatable bonds is 6. The number of sulfonamides is 1. The highest BCUT2D eigenvalue weighted by atomic mass is 32.2. The fourth-order valence-corrected chi connectivity index (χ4v) is 4.96. The van der Waals surface area contributed by atoms with E-state index in [9.17, 15) is 13.2 Å². The van der Waals surface area contributed by atoms with Crippen molar-refractivity contribution in [2.75, 3.05) is 10.0 Å². The SMILES string of the molecule is CCc1ccc(NC(=O)c2csc(NS(=O)(=O)c3cccs3)n2)cc1. The van der Waals surface area contributed by atoms with Gasteiger partial charge in [0.2, 0.25) is 0 Å².